The van der Waals surface area contributed by atoms with Crippen LogP contribution in [0.25, 0.3) is 0 Å². The second kappa shape index (κ2) is 12.5. The summed E-state index contributed by atoms with van der Waals surface area (Å²) in [5, 5.41) is 15.2. The molecule has 0 spiro atoms. The van der Waals surface area contributed by atoms with Crippen molar-refractivity contribution in [1.29, 1.82) is 0 Å². The molecule has 0 atom stereocenters. The molecule has 10 heteroatoms. The lowest BCUT2D eigenvalue weighted by Gasteiger charge is -2.26. The van der Waals surface area contributed by atoms with Crippen LogP contribution in [0.5, 0.6) is 0 Å². The van der Waals surface area contributed by atoms with Crippen LogP contribution in [0.2, 0.25) is 0 Å². The summed E-state index contributed by atoms with van der Waals surface area (Å²) < 4.78 is 7.39. The third-order valence-electron chi connectivity index (χ3n) is 4.88. The molecule has 2 N–H and O–H groups in total. The second-order valence-corrected chi connectivity index (χ2v) is 8.10. The van der Waals surface area contributed by atoms with Crippen LogP contribution in [-0.4, -0.2) is 65.0 Å². The highest BCUT2D eigenvalue weighted by Gasteiger charge is 2.10. The minimum absolute atomic E-state index is 0. The van der Waals surface area contributed by atoms with E-state index in [1.807, 2.05) is 29.9 Å². The van der Waals surface area contributed by atoms with Gasteiger partial charge in [0.2, 0.25) is 0 Å². The van der Waals surface area contributed by atoms with Crippen LogP contribution in [0.1, 0.15) is 28.3 Å². The van der Waals surface area contributed by atoms with Crippen LogP contribution < -0.4 is 10.6 Å². The number of aryl methyl sites for hydroxylation is 2. The molecule has 1 fully saturated rings. The van der Waals surface area contributed by atoms with E-state index in [-0.39, 0.29) is 24.0 Å². The van der Waals surface area contributed by atoms with E-state index in [2.05, 4.69) is 44.8 Å². The molecule has 3 heterocycles. The quantitative estimate of drug-likeness (QED) is 0.307. The molecule has 0 unspecified atom stereocenters. The number of aliphatic imine (C=N–C) groups is 1. The van der Waals surface area contributed by atoms with Gasteiger partial charge in [0.25, 0.3) is 0 Å². The number of thiophene rings is 1. The Morgan fingerprint density at radius 3 is 2.62 bits per heavy atom. The van der Waals surface area contributed by atoms with Crippen LogP contribution in [0.4, 0.5) is 0 Å². The van der Waals surface area contributed by atoms with E-state index in [1.54, 1.807) is 0 Å². The Hall–Kier alpha value is -1.24. The van der Waals surface area contributed by atoms with E-state index < -0.39 is 0 Å². The van der Waals surface area contributed by atoms with Crippen molar-refractivity contribution in [3.05, 3.63) is 33.5 Å². The Bertz CT molecular complexity index is 770. The number of morpholine rings is 1. The zero-order chi connectivity index (χ0) is 19.8. The molecule has 0 radical (unpaired) electrons. The van der Waals surface area contributed by atoms with Gasteiger partial charge in [0, 0.05) is 43.0 Å². The number of halogens is 1. The molecule has 0 bridgehead atoms. The van der Waals surface area contributed by atoms with Gasteiger partial charge in [-0.1, -0.05) is 6.92 Å². The summed E-state index contributed by atoms with van der Waals surface area (Å²) in [6.07, 6.45) is 1.08. The Morgan fingerprint density at radius 2 is 1.97 bits per heavy atom. The fourth-order valence-electron chi connectivity index (χ4n) is 2.95. The van der Waals surface area contributed by atoms with Gasteiger partial charge in [-0.25, -0.2) is 4.99 Å². The van der Waals surface area contributed by atoms with Crippen molar-refractivity contribution >= 4 is 41.3 Å². The number of hydrogen-bond acceptors (Lipinski definition) is 6. The van der Waals surface area contributed by atoms with Gasteiger partial charge in [0.05, 0.1) is 19.8 Å². The fourth-order valence-corrected chi connectivity index (χ4v) is 3.85. The van der Waals surface area contributed by atoms with Crippen molar-refractivity contribution in [3.63, 3.8) is 0 Å². The first-order valence-electron chi connectivity index (χ1n) is 9.90. The summed E-state index contributed by atoms with van der Waals surface area (Å²) in [6, 6.07) is 4.39. The number of nitrogens with one attached hydrogen (secondary N) is 2. The molecule has 0 aromatic carbocycles. The third kappa shape index (κ3) is 7.50. The monoisotopic (exact) mass is 533 g/mol. The molecule has 29 heavy (non-hydrogen) atoms. The van der Waals surface area contributed by atoms with Crippen molar-refractivity contribution in [2.45, 2.75) is 33.4 Å². The van der Waals surface area contributed by atoms with E-state index in [0.29, 0.717) is 6.54 Å². The number of hydrogen-bond donors (Lipinski definition) is 2. The summed E-state index contributed by atoms with van der Waals surface area (Å²) >= 11 is 1.85. The molecule has 2 aromatic rings. The highest BCUT2D eigenvalue weighted by Crippen LogP contribution is 2.16. The lowest BCUT2D eigenvalue weighted by Crippen LogP contribution is -2.44. The molecular weight excluding hydrogens is 501 g/mol. The van der Waals surface area contributed by atoms with E-state index in [0.717, 1.165) is 70.0 Å². The molecular formula is C19H32IN7OS. The van der Waals surface area contributed by atoms with Gasteiger partial charge < -0.3 is 19.9 Å². The maximum atomic E-state index is 5.41. The number of ether oxygens (including phenoxy) is 1. The maximum absolute atomic E-state index is 5.41. The van der Waals surface area contributed by atoms with Crippen molar-refractivity contribution < 1.29 is 4.74 Å². The SMILES string of the molecule is CCc1ccc(CNC(=NCc2nnc(C)n2C)NCCN2CCOCC2)s1.I. The lowest BCUT2D eigenvalue weighted by molar-refractivity contribution is 0.0389. The first-order chi connectivity index (χ1) is 13.7. The summed E-state index contributed by atoms with van der Waals surface area (Å²) in [4.78, 5) is 9.86. The molecule has 1 saturated heterocycles. The first kappa shape index (κ1) is 24.0. The van der Waals surface area contributed by atoms with Crippen LogP contribution in [0.15, 0.2) is 17.1 Å². The lowest BCUT2D eigenvalue weighted by atomic mass is 10.3. The Labute approximate surface area is 194 Å². The van der Waals surface area contributed by atoms with E-state index in [4.69, 9.17) is 9.73 Å². The largest absolute Gasteiger partial charge is 0.379 e. The predicted molar refractivity (Wildman–Crippen MR) is 128 cm³/mol. The molecule has 162 valence electrons. The normalized spacial score (nSPS) is 15.2. The van der Waals surface area contributed by atoms with Gasteiger partial charge in [-0.3, -0.25) is 4.90 Å². The Morgan fingerprint density at radius 1 is 1.21 bits per heavy atom. The van der Waals surface area contributed by atoms with Gasteiger partial charge in [0.15, 0.2) is 11.8 Å². The van der Waals surface area contributed by atoms with Gasteiger partial charge in [-0.15, -0.1) is 45.5 Å². The average molecular weight is 533 g/mol. The molecule has 2 aromatic heterocycles. The summed E-state index contributed by atoms with van der Waals surface area (Å²) in [7, 11) is 1.97. The summed E-state index contributed by atoms with van der Waals surface area (Å²) in [5.41, 5.74) is 0. The van der Waals surface area contributed by atoms with E-state index in [1.165, 1.54) is 9.75 Å². The predicted octanol–water partition coefficient (Wildman–Crippen LogP) is 1.93. The molecule has 0 amide bonds. The first-order valence-corrected chi connectivity index (χ1v) is 10.7. The number of rotatable bonds is 8. The van der Waals surface area contributed by atoms with Crippen molar-refractivity contribution in [3.8, 4) is 0 Å². The van der Waals surface area contributed by atoms with Crippen LogP contribution in [0.3, 0.4) is 0 Å². The maximum Gasteiger partial charge on any atom is 0.192 e. The number of guanidine groups is 1. The Kier molecular flexibility index (Phi) is 10.3. The van der Waals surface area contributed by atoms with Gasteiger partial charge in [0.1, 0.15) is 12.4 Å². The Balaban J connectivity index is 0.00000300. The van der Waals surface area contributed by atoms with Crippen LogP contribution in [0, 0.1) is 6.92 Å². The highest BCUT2D eigenvalue weighted by molar-refractivity contribution is 14.0. The minimum atomic E-state index is 0. The fraction of sp³-hybridized carbons (Fsp3) is 0.632. The molecule has 1 aliphatic rings. The molecule has 0 saturated carbocycles. The smallest absolute Gasteiger partial charge is 0.192 e. The summed E-state index contributed by atoms with van der Waals surface area (Å²) in [5.74, 6) is 2.56. The minimum Gasteiger partial charge on any atom is -0.379 e. The third-order valence-corrected chi connectivity index (χ3v) is 6.11. The van der Waals surface area contributed by atoms with E-state index in [9.17, 15) is 0 Å². The molecule has 0 aliphatic carbocycles. The number of nitrogens with zero attached hydrogens (tertiary/aromatic N) is 5. The molecule has 3 rings (SSSR count). The van der Waals surface area contributed by atoms with Crippen molar-refractivity contribution in [1.82, 2.24) is 30.3 Å². The molecule has 1 aliphatic heterocycles. The highest BCUT2D eigenvalue weighted by atomic mass is 127. The topological polar surface area (TPSA) is 79.6 Å². The van der Waals surface area contributed by atoms with Crippen molar-refractivity contribution in [2.75, 3.05) is 39.4 Å². The molecule has 8 nitrogen and oxygen atoms in total. The zero-order valence-electron chi connectivity index (χ0n) is 17.5. The van der Waals surface area contributed by atoms with Gasteiger partial charge >= 0.3 is 0 Å². The van der Waals surface area contributed by atoms with Gasteiger partial charge in [-0.05, 0) is 25.5 Å². The van der Waals surface area contributed by atoms with Gasteiger partial charge in [-0.2, -0.15) is 0 Å². The number of aromatic nitrogens is 3. The second-order valence-electron chi connectivity index (χ2n) is 6.84. The van der Waals surface area contributed by atoms with E-state index >= 15 is 0 Å². The summed E-state index contributed by atoms with van der Waals surface area (Å²) in [6.45, 7) is 10.9. The van der Waals surface area contributed by atoms with Crippen LogP contribution in [-0.2, 0) is 31.3 Å². The van der Waals surface area contributed by atoms with Crippen LogP contribution >= 0.6 is 35.3 Å². The standard InChI is InChI=1S/C19H31N7OS.HI/c1-4-16-5-6-17(28-16)13-21-19(20-7-8-26-9-11-27-12-10-26)22-14-18-24-23-15(2)25(18)3;/h5-6H,4,7-14H2,1-3H3,(H2,20,21,22);1H. The average Bonchev–Trinajstić information content (AvgIpc) is 3.31. The zero-order valence-corrected chi connectivity index (χ0v) is 20.6. The van der Waals surface area contributed by atoms with Crippen molar-refractivity contribution in [2.24, 2.45) is 12.0 Å².